The predicted octanol–water partition coefficient (Wildman–Crippen LogP) is 3.78. The summed E-state index contributed by atoms with van der Waals surface area (Å²) in [5.74, 6) is -0.245. The lowest BCUT2D eigenvalue weighted by Gasteiger charge is -2.14. The number of carbonyl (C=O) groups is 2. The minimum absolute atomic E-state index is 0.0677. The van der Waals surface area contributed by atoms with Crippen molar-refractivity contribution in [3.8, 4) is 0 Å². The van der Waals surface area contributed by atoms with Gasteiger partial charge >= 0.3 is 0 Å². The fourth-order valence-electron chi connectivity index (χ4n) is 2.52. The average molecular weight is 367 g/mol. The number of para-hydroxylation sites is 1. The van der Waals surface area contributed by atoms with Crippen LogP contribution in [0.1, 0.15) is 34.3 Å². The summed E-state index contributed by atoms with van der Waals surface area (Å²) in [6, 6.07) is 12.8. The number of thiocarbonyl (C=S) groups is 1. The molecule has 1 saturated carbocycles. The molecule has 0 aromatic heterocycles. The first-order valence-corrected chi connectivity index (χ1v) is 8.94. The van der Waals surface area contributed by atoms with Crippen molar-refractivity contribution in [1.29, 1.82) is 0 Å². The second-order valence-corrected chi connectivity index (χ2v) is 6.92. The molecule has 0 atom stereocenters. The van der Waals surface area contributed by atoms with Crippen molar-refractivity contribution in [2.45, 2.75) is 26.7 Å². The van der Waals surface area contributed by atoms with E-state index in [1.807, 2.05) is 32.0 Å². The van der Waals surface area contributed by atoms with Gasteiger partial charge in [-0.1, -0.05) is 18.2 Å². The number of hydrogen-bond acceptors (Lipinski definition) is 3. The van der Waals surface area contributed by atoms with Gasteiger partial charge in [-0.05, 0) is 74.3 Å². The molecular formula is C20H21N3O2S. The standard InChI is InChI=1S/C20H21N3O2S/c1-12-7-10-15(11-13(12)2)21-19(25)16-5-3-4-6-17(16)22-20(26)23-18(24)14-8-9-14/h3-7,10-11,14H,8-9H2,1-2H3,(H,21,25)(H2,22,23,24,26). The van der Waals surface area contributed by atoms with Crippen LogP contribution in [-0.4, -0.2) is 16.9 Å². The number of anilines is 2. The number of benzene rings is 2. The van der Waals surface area contributed by atoms with E-state index >= 15 is 0 Å². The summed E-state index contributed by atoms with van der Waals surface area (Å²) in [7, 11) is 0. The van der Waals surface area contributed by atoms with E-state index in [0.29, 0.717) is 11.3 Å². The molecule has 0 unspecified atom stereocenters. The SMILES string of the molecule is Cc1ccc(NC(=O)c2ccccc2NC(=S)NC(=O)C2CC2)cc1C. The Balaban J connectivity index is 1.70. The van der Waals surface area contributed by atoms with E-state index in [1.165, 1.54) is 5.56 Å². The molecule has 5 nitrogen and oxygen atoms in total. The third-order valence-electron chi connectivity index (χ3n) is 4.37. The van der Waals surface area contributed by atoms with Gasteiger partial charge in [0.25, 0.3) is 5.91 Å². The second-order valence-electron chi connectivity index (χ2n) is 6.52. The number of rotatable bonds is 4. The van der Waals surface area contributed by atoms with Crippen molar-refractivity contribution >= 4 is 40.5 Å². The van der Waals surface area contributed by atoms with Crippen LogP contribution in [0.4, 0.5) is 11.4 Å². The van der Waals surface area contributed by atoms with Crippen molar-refractivity contribution in [1.82, 2.24) is 5.32 Å². The highest BCUT2D eigenvalue weighted by Gasteiger charge is 2.30. The van der Waals surface area contributed by atoms with E-state index in [-0.39, 0.29) is 22.8 Å². The highest BCUT2D eigenvalue weighted by molar-refractivity contribution is 7.80. The summed E-state index contributed by atoms with van der Waals surface area (Å²) < 4.78 is 0. The van der Waals surface area contributed by atoms with Crippen LogP contribution in [0.5, 0.6) is 0 Å². The van der Waals surface area contributed by atoms with Gasteiger partial charge < -0.3 is 16.0 Å². The van der Waals surface area contributed by atoms with Gasteiger partial charge in [-0.2, -0.15) is 0 Å². The summed E-state index contributed by atoms with van der Waals surface area (Å²) in [5.41, 5.74) is 4.01. The van der Waals surface area contributed by atoms with Crippen molar-refractivity contribution in [3.05, 3.63) is 59.2 Å². The van der Waals surface area contributed by atoms with Gasteiger partial charge in [0.2, 0.25) is 5.91 Å². The van der Waals surface area contributed by atoms with Gasteiger partial charge in [-0.3, -0.25) is 9.59 Å². The van der Waals surface area contributed by atoms with E-state index < -0.39 is 0 Å². The normalized spacial score (nSPS) is 13.0. The monoisotopic (exact) mass is 367 g/mol. The first kappa shape index (κ1) is 18.1. The fourth-order valence-corrected chi connectivity index (χ4v) is 2.73. The van der Waals surface area contributed by atoms with Crippen LogP contribution < -0.4 is 16.0 Å². The average Bonchev–Trinajstić information content (AvgIpc) is 3.43. The maximum absolute atomic E-state index is 12.7. The lowest BCUT2D eigenvalue weighted by molar-refractivity contribution is -0.120. The Kier molecular flexibility index (Phi) is 5.32. The molecule has 3 N–H and O–H groups in total. The van der Waals surface area contributed by atoms with E-state index in [0.717, 1.165) is 24.1 Å². The Morgan fingerprint density at radius 2 is 1.73 bits per heavy atom. The molecule has 134 valence electrons. The van der Waals surface area contributed by atoms with Crippen molar-refractivity contribution < 1.29 is 9.59 Å². The van der Waals surface area contributed by atoms with Gasteiger partial charge in [-0.25, -0.2) is 0 Å². The molecule has 26 heavy (non-hydrogen) atoms. The zero-order valence-corrected chi connectivity index (χ0v) is 15.6. The zero-order chi connectivity index (χ0) is 18.7. The topological polar surface area (TPSA) is 70.2 Å². The number of nitrogens with one attached hydrogen (secondary N) is 3. The van der Waals surface area contributed by atoms with Gasteiger partial charge in [0.1, 0.15) is 0 Å². The Labute approximate surface area is 158 Å². The molecule has 2 amide bonds. The molecule has 2 aromatic carbocycles. The van der Waals surface area contributed by atoms with Crippen molar-refractivity contribution in [2.24, 2.45) is 5.92 Å². The molecule has 1 fully saturated rings. The highest BCUT2D eigenvalue weighted by Crippen LogP contribution is 2.28. The van der Waals surface area contributed by atoms with Crippen LogP contribution in [0.2, 0.25) is 0 Å². The maximum Gasteiger partial charge on any atom is 0.257 e. The minimum Gasteiger partial charge on any atom is -0.332 e. The number of aryl methyl sites for hydroxylation is 2. The van der Waals surface area contributed by atoms with E-state index in [4.69, 9.17) is 12.2 Å². The molecule has 6 heteroatoms. The maximum atomic E-state index is 12.7. The highest BCUT2D eigenvalue weighted by atomic mass is 32.1. The zero-order valence-electron chi connectivity index (χ0n) is 14.8. The van der Waals surface area contributed by atoms with Crippen LogP contribution in [0.3, 0.4) is 0 Å². The first-order valence-electron chi connectivity index (χ1n) is 8.53. The van der Waals surface area contributed by atoms with Crippen LogP contribution in [0, 0.1) is 19.8 Å². The molecule has 0 aliphatic heterocycles. The molecule has 1 aliphatic rings. The van der Waals surface area contributed by atoms with E-state index in [2.05, 4.69) is 16.0 Å². The molecule has 2 aromatic rings. The Morgan fingerprint density at radius 3 is 2.42 bits per heavy atom. The third kappa shape index (κ3) is 4.46. The quantitative estimate of drug-likeness (QED) is 0.719. The van der Waals surface area contributed by atoms with Crippen molar-refractivity contribution in [3.63, 3.8) is 0 Å². The molecule has 0 heterocycles. The minimum atomic E-state index is -0.243. The molecule has 3 rings (SSSR count). The summed E-state index contributed by atoms with van der Waals surface area (Å²) in [5, 5.41) is 8.72. The molecule has 0 saturated heterocycles. The van der Waals surface area contributed by atoms with Gasteiger partial charge in [0.05, 0.1) is 11.3 Å². The van der Waals surface area contributed by atoms with Crippen molar-refractivity contribution in [2.75, 3.05) is 10.6 Å². The van der Waals surface area contributed by atoms with Gasteiger partial charge in [0.15, 0.2) is 5.11 Å². The number of hydrogen-bond donors (Lipinski definition) is 3. The summed E-state index contributed by atoms with van der Waals surface area (Å²) in [4.78, 5) is 24.5. The molecule has 1 aliphatic carbocycles. The summed E-state index contributed by atoms with van der Waals surface area (Å²) >= 11 is 5.19. The smallest absolute Gasteiger partial charge is 0.257 e. The van der Waals surface area contributed by atoms with Crippen LogP contribution in [-0.2, 0) is 4.79 Å². The first-order chi connectivity index (χ1) is 12.4. The molecule has 0 spiro atoms. The Bertz CT molecular complexity index is 875. The lowest BCUT2D eigenvalue weighted by atomic mass is 10.1. The fraction of sp³-hybridized carbons (Fsp3) is 0.250. The van der Waals surface area contributed by atoms with E-state index in [1.54, 1.807) is 24.3 Å². The second kappa shape index (κ2) is 7.66. The van der Waals surface area contributed by atoms with Crippen LogP contribution in [0.25, 0.3) is 0 Å². The van der Waals surface area contributed by atoms with Gasteiger partial charge in [-0.15, -0.1) is 0 Å². The van der Waals surface area contributed by atoms with Crippen LogP contribution >= 0.6 is 12.2 Å². The number of carbonyl (C=O) groups excluding carboxylic acids is 2. The summed E-state index contributed by atoms with van der Waals surface area (Å²) in [6.45, 7) is 4.03. The molecule has 0 bridgehead atoms. The Hall–Kier alpha value is -2.73. The third-order valence-corrected chi connectivity index (χ3v) is 4.57. The largest absolute Gasteiger partial charge is 0.332 e. The number of amides is 2. The Morgan fingerprint density at radius 1 is 1.00 bits per heavy atom. The van der Waals surface area contributed by atoms with Crippen LogP contribution in [0.15, 0.2) is 42.5 Å². The molecular weight excluding hydrogens is 346 g/mol. The lowest BCUT2D eigenvalue weighted by Crippen LogP contribution is -2.35. The van der Waals surface area contributed by atoms with E-state index in [9.17, 15) is 9.59 Å². The van der Waals surface area contributed by atoms with Gasteiger partial charge in [0, 0.05) is 11.6 Å². The molecule has 0 radical (unpaired) electrons. The summed E-state index contributed by atoms with van der Waals surface area (Å²) in [6.07, 6.45) is 1.81. The predicted molar refractivity (Wildman–Crippen MR) is 107 cm³/mol.